The first-order valence-electron chi connectivity index (χ1n) is 9.85. The number of carbonyl (C=O) groups excluding carboxylic acids is 1. The van der Waals surface area contributed by atoms with Crippen molar-refractivity contribution in [2.75, 3.05) is 26.7 Å². The maximum absolute atomic E-state index is 12.1. The molecule has 2 aromatic rings. The van der Waals surface area contributed by atoms with Gasteiger partial charge in [0.15, 0.2) is 5.96 Å². The average molecular weight is 383 g/mol. The van der Waals surface area contributed by atoms with Gasteiger partial charge in [0, 0.05) is 32.9 Å². The number of benzene rings is 1. The molecule has 0 amide bonds. The molecule has 1 aliphatic rings. The first-order chi connectivity index (χ1) is 13.6. The number of likely N-dealkylation sites (tertiary alicyclic amines) is 1. The number of nitrogens with one attached hydrogen (secondary N) is 1. The van der Waals surface area contributed by atoms with E-state index >= 15 is 0 Å². The molecule has 0 bridgehead atoms. The van der Waals surface area contributed by atoms with Gasteiger partial charge in [0.05, 0.1) is 23.9 Å². The van der Waals surface area contributed by atoms with Gasteiger partial charge < -0.3 is 15.0 Å². The summed E-state index contributed by atoms with van der Waals surface area (Å²) in [5.74, 6) is 0.606. The minimum Gasteiger partial charge on any atom is -0.466 e. The van der Waals surface area contributed by atoms with Crippen molar-refractivity contribution in [3.8, 4) is 5.69 Å². The van der Waals surface area contributed by atoms with E-state index in [1.165, 1.54) is 0 Å². The van der Waals surface area contributed by atoms with Gasteiger partial charge in [-0.2, -0.15) is 5.10 Å². The molecule has 1 fully saturated rings. The molecule has 0 saturated carbocycles. The van der Waals surface area contributed by atoms with Gasteiger partial charge in [-0.05, 0) is 44.4 Å². The molecule has 7 nitrogen and oxygen atoms in total. The Morgan fingerprint density at radius 2 is 2.18 bits per heavy atom. The van der Waals surface area contributed by atoms with Gasteiger partial charge in [-0.15, -0.1) is 0 Å². The first kappa shape index (κ1) is 19.9. The number of aryl methyl sites for hydroxylation is 1. The molecule has 1 aromatic carbocycles. The van der Waals surface area contributed by atoms with E-state index in [1.54, 1.807) is 7.05 Å². The second-order valence-corrected chi connectivity index (χ2v) is 6.97. The van der Waals surface area contributed by atoms with Crippen LogP contribution in [0.1, 0.15) is 31.0 Å². The van der Waals surface area contributed by atoms with Gasteiger partial charge >= 0.3 is 5.97 Å². The van der Waals surface area contributed by atoms with E-state index in [1.807, 2.05) is 42.9 Å². The molecule has 7 heteroatoms. The Hall–Kier alpha value is -2.83. The summed E-state index contributed by atoms with van der Waals surface area (Å²) in [6, 6.07) is 10.2. The molecule has 3 rings (SSSR count). The van der Waals surface area contributed by atoms with E-state index in [-0.39, 0.29) is 11.9 Å². The van der Waals surface area contributed by atoms with Crippen LogP contribution in [0.2, 0.25) is 0 Å². The fourth-order valence-electron chi connectivity index (χ4n) is 3.56. The van der Waals surface area contributed by atoms with Crippen molar-refractivity contribution in [3.63, 3.8) is 0 Å². The molecule has 150 valence electrons. The number of guanidine groups is 1. The van der Waals surface area contributed by atoms with Gasteiger partial charge in [0.25, 0.3) is 0 Å². The molecule has 0 unspecified atom stereocenters. The zero-order valence-corrected chi connectivity index (χ0v) is 16.9. The zero-order valence-electron chi connectivity index (χ0n) is 16.9. The molecular weight excluding hydrogens is 354 g/mol. The fraction of sp³-hybridized carbons (Fsp3) is 0.476. The van der Waals surface area contributed by atoms with Crippen LogP contribution in [0.15, 0.2) is 41.5 Å². The highest BCUT2D eigenvalue weighted by atomic mass is 16.5. The number of piperidine rings is 1. The van der Waals surface area contributed by atoms with E-state index in [9.17, 15) is 4.79 Å². The van der Waals surface area contributed by atoms with E-state index < -0.39 is 0 Å². The lowest BCUT2D eigenvalue weighted by Crippen LogP contribution is -2.48. The second-order valence-electron chi connectivity index (χ2n) is 6.97. The van der Waals surface area contributed by atoms with Gasteiger partial charge in [0.1, 0.15) is 0 Å². The highest BCUT2D eigenvalue weighted by molar-refractivity contribution is 5.81. The number of hydrogen-bond donors (Lipinski definition) is 1. The largest absolute Gasteiger partial charge is 0.466 e. The maximum Gasteiger partial charge on any atom is 0.310 e. The van der Waals surface area contributed by atoms with Crippen LogP contribution in [-0.4, -0.2) is 53.4 Å². The standard InChI is InChI=1S/C21H29N5O2/c1-4-28-20(27)18-9-7-12-25(15-18)21(22-3)23-14-17-8-5-6-10-19(17)26-13-11-16(2)24-26/h5-6,8,10-11,13,18H,4,7,9,12,14-15H2,1-3H3,(H,22,23)/t18-/m1/s1. The number of aliphatic imine (C=N–C) groups is 1. The Labute approximate surface area is 166 Å². The number of aromatic nitrogens is 2. The van der Waals surface area contributed by atoms with Crippen molar-refractivity contribution in [2.24, 2.45) is 10.9 Å². The van der Waals surface area contributed by atoms with Crippen molar-refractivity contribution in [3.05, 3.63) is 47.8 Å². The molecular formula is C21H29N5O2. The number of rotatable bonds is 5. The van der Waals surface area contributed by atoms with Crippen molar-refractivity contribution in [1.29, 1.82) is 0 Å². The van der Waals surface area contributed by atoms with Gasteiger partial charge in [-0.1, -0.05) is 18.2 Å². The summed E-state index contributed by atoms with van der Waals surface area (Å²) >= 11 is 0. The van der Waals surface area contributed by atoms with E-state index in [2.05, 4.69) is 32.4 Å². The van der Waals surface area contributed by atoms with Crippen LogP contribution in [0, 0.1) is 12.8 Å². The minimum atomic E-state index is -0.109. The van der Waals surface area contributed by atoms with Crippen LogP contribution in [0.25, 0.3) is 5.69 Å². The number of esters is 1. The molecule has 0 spiro atoms. The van der Waals surface area contributed by atoms with E-state index in [0.29, 0.717) is 19.7 Å². The van der Waals surface area contributed by atoms with Crippen LogP contribution >= 0.6 is 0 Å². The third-order valence-electron chi connectivity index (χ3n) is 4.95. The van der Waals surface area contributed by atoms with Crippen LogP contribution < -0.4 is 5.32 Å². The Morgan fingerprint density at radius 3 is 2.89 bits per heavy atom. The Balaban J connectivity index is 1.67. The number of hydrogen-bond acceptors (Lipinski definition) is 4. The zero-order chi connectivity index (χ0) is 19.9. The Morgan fingerprint density at radius 1 is 1.36 bits per heavy atom. The highest BCUT2D eigenvalue weighted by Crippen LogP contribution is 2.19. The first-order valence-corrected chi connectivity index (χ1v) is 9.85. The molecule has 28 heavy (non-hydrogen) atoms. The number of nitrogens with zero attached hydrogens (tertiary/aromatic N) is 4. The summed E-state index contributed by atoms with van der Waals surface area (Å²) in [6.45, 7) is 6.40. The average Bonchev–Trinajstić information content (AvgIpc) is 3.15. The van der Waals surface area contributed by atoms with Crippen LogP contribution in [-0.2, 0) is 16.1 Å². The highest BCUT2D eigenvalue weighted by Gasteiger charge is 2.28. The quantitative estimate of drug-likeness (QED) is 0.488. The predicted molar refractivity (Wildman–Crippen MR) is 109 cm³/mol. The lowest BCUT2D eigenvalue weighted by molar-refractivity contribution is -0.149. The molecule has 0 aliphatic carbocycles. The summed E-state index contributed by atoms with van der Waals surface area (Å²) in [5, 5.41) is 7.97. The SMILES string of the molecule is CCOC(=O)[C@@H]1CCCN(C(=NC)NCc2ccccc2-n2ccc(C)n2)C1. The molecule has 0 radical (unpaired) electrons. The van der Waals surface area contributed by atoms with Gasteiger partial charge in [-0.25, -0.2) is 4.68 Å². The summed E-state index contributed by atoms with van der Waals surface area (Å²) in [6.07, 6.45) is 3.79. The summed E-state index contributed by atoms with van der Waals surface area (Å²) in [5.41, 5.74) is 3.16. The van der Waals surface area contributed by atoms with Crippen molar-refractivity contribution in [1.82, 2.24) is 20.0 Å². The van der Waals surface area contributed by atoms with Crippen LogP contribution in [0.3, 0.4) is 0 Å². The normalized spacial score (nSPS) is 17.5. The third kappa shape index (κ3) is 4.71. The molecule has 1 aliphatic heterocycles. The second kappa shape index (κ2) is 9.39. The summed E-state index contributed by atoms with van der Waals surface area (Å²) < 4.78 is 7.10. The van der Waals surface area contributed by atoms with Gasteiger partial charge in [0.2, 0.25) is 0 Å². The monoisotopic (exact) mass is 383 g/mol. The predicted octanol–water partition coefficient (Wildman–Crippen LogP) is 2.53. The third-order valence-corrected chi connectivity index (χ3v) is 4.95. The lowest BCUT2D eigenvalue weighted by atomic mass is 9.98. The molecule has 1 N–H and O–H groups in total. The van der Waals surface area contributed by atoms with E-state index in [0.717, 1.165) is 42.3 Å². The maximum atomic E-state index is 12.1. The van der Waals surface area contributed by atoms with Crippen molar-refractivity contribution < 1.29 is 9.53 Å². The molecule has 1 atom stereocenters. The summed E-state index contributed by atoms with van der Waals surface area (Å²) in [4.78, 5) is 18.7. The number of ether oxygens (including phenoxy) is 1. The number of para-hydroxylation sites is 1. The van der Waals surface area contributed by atoms with Crippen LogP contribution in [0.4, 0.5) is 0 Å². The fourth-order valence-corrected chi connectivity index (χ4v) is 3.56. The lowest BCUT2D eigenvalue weighted by Gasteiger charge is -2.34. The van der Waals surface area contributed by atoms with E-state index in [4.69, 9.17) is 4.74 Å². The number of carbonyl (C=O) groups is 1. The smallest absolute Gasteiger partial charge is 0.310 e. The van der Waals surface area contributed by atoms with Gasteiger partial charge in [-0.3, -0.25) is 9.79 Å². The van der Waals surface area contributed by atoms with Crippen molar-refractivity contribution >= 4 is 11.9 Å². The molecule has 2 heterocycles. The Bertz CT molecular complexity index is 830. The summed E-state index contributed by atoms with van der Waals surface area (Å²) in [7, 11) is 1.78. The topological polar surface area (TPSA) is 71.8 Å². The Kier molecular flexibility index (Phi) is 6.68. The molecule has 1 aromatic heterocycles. The molecule has 1 saturated heterocycles. The van der Waals surface area contributed by atoms with Crippen molar-refractivity contribution in [2.45, 2.75) is 33.2 Å². The minimum absolute atomic E-state index is 0.0911. The van der Waals surface area contributed by atoms with Crippen LogP contribution in [0.5, 0.6) is 0 Å².